The van der Waals surface area contributed by atoms with E-state index < -0.39 is 11.8 Å². The van der Waals surface area contributed by atoms with Gasteiger partial charge in [-0.1, -0.05) is 31.5 Å². The summed E-state index contributed by atoms with van der Waals surface area (Å²) >= 11 is 0. The highest BCUT2D eigenvalue weighted by atomic mass is 19.1. The monoisotopic (exact) mass is 352 g/mol. The fraction of sp³-hybridized carbons (Fsp3) is 0.238. The van der Waals surface area contributed by atoms with E-state index in [2.05, 4.69) is 11.2 Å². The van der Waals surface area contributed by atoms with Crippen molar-refractivity contribution in [3.63, 3.8) is 0 Å². The Kier molecular flexibility index (Phi) is 4.89. The van der Waals surface area contributed by atoms with Gasteiger partial charge in [-0.25, -0.2) is 13.9 Å². The van der Waals surface area contributed by atoms with Gasteiger partial charge in [-0.05, 0) is 55.7 Å². The first-order chi connectivity index (χ1) is 12.3. The highest BCUT2D eigenvalue weighted by Gasteiger charge is 2.18. The molecular weight excluding hydrogens is 331 g/mol. The van der Waals surface area contributed by atoms with Crippen LogP contribution in [0, 0.1) is 19.7 Å². The summed E-state index contributed by atoms with van der Waals surface area (Å²) in [4.78, 5) is 12.4. The van der Waals surface area contributed by atoms with Gasteiger partial charge in [0.25, 0.3) is 0 Å². The average Bonchev–Trinajstić information content (AvgIpc) is 2.99. The van der Waals surface area contributed by atoms with Crippen LogP contribution in [0.1, 0.15) is 46.9 Å². The summed E-state index contributed by atoms with van der Waals surface area (Å²) in [5.74, 6) is -0.421. The van der Waals surface area contributed by atoms with Crippen molar-refractivity contribution in [2.45, 2.75) is 33.6 Å². The zero-order valence-electron chi connectivity index (χ0n) is 15.3. The molecule has 0 amide bonds. The van der Waals surface area contributed by atoms with Crippen molar-refractivity contribution in [2.75, 3.05) is 0 Å². The van der Waals surface area contributed by atoms with Crippen molar-refractivity contribution < 1.29 is 13.9 Å². The van der Waals surface area contributed by atoms with Gasteiger partial charge in [-0.15, -0.1) is 0 Å². The van der Waals surface area contributed by atoms with Gasteiger partial charge in [0.1, 0.15) is 5.82 Å². The lowest BCUT2D eigenvalue weighted by atomic mass is 10.1. The molecule has 3 aromatic rings. The van der Waals surface area contributed by atoms with Gasteiger partial charge in [0.2, 0.25) is 5.88 Å². The molecule has 0 aliphatic rings. The van der Waals surface area contributed by atoms with Gasteiger partial charge in [0.15, 0.2) is 0 Å². The Morgan fingerprint density at radius 2 is 1.77 bits per heavy atom. The largest absolute Gasteiger partial charge is 0.404 e. The minimum absolute atomic E-state index is 0.185. The van der Waals surface area contributed by atoms with Crippen molar-refractivity contribution in [1.29, 1.82) is 0 Å². The maximum atomic E-state index is 13.1. The normalized spacial score (nSPS) is 11.0. The molecule has 0 radical (unpaired) electrons. The van der Waals surface area contributed by atoms with Crippen molar-refractivity contribution in [3.05, 3.63) is 76.7 Å². The molecule has 1 aromatic heterocycles. The van der Waals surface area contributed by atoms with Crippen molar-refractivity contribution in [1.82, 2.24) is 9.78 Å². The first-order valence-electron chi connectivity index (χ1n) is 8.50. The molecule has 0 saturated heterocycles. The van der Waals surface area contributed by atoms with Crippen molar-refractivity contribution in [3.8, 4) is 11.6 Å². The van der Waals surface area contributed by atoms with Gasteiger partial charge < -0.3 is 4.74 Å². The molecule has 0 fully saturated rings. The van der Waals surface area contributed by atoms with E-state index in [9.17, 15) is 9.18 Å². The van der Waals surface area contributed by atoms with E-state index in [4.69, 9.17) is 4.74 Å². The van der Waals surface area contributed by atoms with Crippen LogP contribution in [0.3, 0.4) is 0 Å². The number of aromatic nitrogens is 2. The Labute approximate surface area is 152 Å². The molecule has 0 aliphatic carbocycles. The number of hydrogen-bond acceptors (Lipinski definition) is 3. The highest BCUT2D eigenvalue weighted by Crippen LogP contribution is 2.26. The maximum Gasteiger partial charge on any atom is 0.344 e. The molecule has 26 heavy (non-hydrogen) atoms. The third-order valence-electron chi connectivity index (χ3n) is 4.14. The third kappa shape index (κ3) is 3.67. The number of ether oxygens (including phenoxy) is 1. The highest BCUT2D eigenvalue weighted by molar-refractivity contribution is 5.90. The van der Waals surface area contributed by atoms with Crippen molar-refractivity contribution >= 4 is 5.97 Å². The van der Waals surface area contributed by atoms with Crippen LogP contribution in [0.25, 0.3) is 5.69 Å². The van der Waals surface area contributed by atoms with Gasteiger partial charge >= 0.3 is 5.97 Å². The third-order valence-corrected chi connectivity index (χ3v) is 4.14. The van der Waals surface area contributed by atoms with Crippen molar-refractivity contribution in [2.24, 2.45) is 0 Å². The minimum atomic E-state index is -0.550. The molecule has 0 saturated carbocycles. The van der Waals surface area contributed by atoms with Crippen LogP contribution in [0.4, 0.5) is 4.39 Å². The summed E-state index contributed by atoms with van der Waals surface area (Å²) < 4.78 is 20.3. The predicted octanol–water partition coefficient (Wildman–Crippen LogP) is 4.97. The van der Waals surface area contributed by atoms with E-state index in [0.717, 1.165) is 22.5 Å². The summed E-state index contributed by atoms with van der Waals surface area (Å²) in [5.41, 5.74) is 4.14. The molecular formula is C21H21FN2O2. The summed E-state index contributed by atoms with van der Waals surface area (Å²) in [6.45, 7) is 8.07. The Morgan fingerprint density at radius 3 is 2.38 bits per heavy atom. The van der Waals surface area contributed by atoms with E-state index in [1.807, 2.05) is 39.8 Å². The summed E-state index contributed by atoms with van der Waals surface area (Å²) in [6, 6.07) is 13.0. The molecule has 3 rings (SSSR count). The van der Waals surface area contributed by atoms with E-state index in [1.54, 1.807) is 10.7 Å². The molecule has 1 heterocycles. The van der Waals surface area contributed by atoms with Crippen LogP contribution in [0.5, 0.6) is 5.88 Å². The average molecular weight is 352 g/mol. The summed E-state index contributed by atoms with van der Waals surface area (Å²) in [7, 11) is 0. The Balaban J connectivity index is 2.00. The number of hydrogen-bond donors (Lipinski definition) is 0. The first kappa shape index (κ1) is 17.9. The topological polar surface area (TPSA) is 44.1 Å². The predicted molar refractivity (Wildman–Crippen MR) is 98.5 cm³/mol. The minimum Gasteiger partial charge on any atom is -0.404 e. The zero-order valence-corrected chi connectivity index (χ0v) is 15.3. The first-order valence-corrected chi connectivity index (χ1v) is 8.50. The molecule has 134 valence electrons. The molecule has 0 aliphatic heterocycles. The smallest absolute Gasteiger partial charge is 0.344 e. The maximum absolute atomic E-state index is 13.1. The Morgan fingerprint density at radius 1 is 1.08 bits per heavy atom. The quantitative estimate of drug-likeness (QED) is 0.623. The summed E-state index contributed by atoms with van der Waals surface area (Å²) in [6.07, 6.45) is 0. The molecule has 0 spiro atoms. The number of benzene rings is 2. The number of halogens is 1. The second-order valence-corrected chi connectivity index (χ2v) is 6.66. The molecule has 2 aromatic carbocycles. The number of carbonyl (C=O) groups is 1. The fourth-order valence-electron chi connectivity index (χ4n) is 2.69. The Bertz CT molecular complexity index is 943. The zero-order chi connectivity index (χ0) is 18.8. The fourth-order valence-corrected chi connectivity index (χ4v) is 2.69. The van der Waals surface area contributed by atoms with E-state index in [-0.39, 0.29) is 11.5 Å². The van der Waals surface area contributed by atoms with E-state index >= 15 is 0 Å². The second kappa shape index (κ2) is 7.12. The van der Waals surface area contributed by atoms with Crippen LogP contribution >= 0.6 is 0 Å². The van der Waals surface area contributed by atoms with Crippen LogP contribution < -0.4 is 4.74 Å². The molecule has 0 unspecified atom stereocenters. The molecule has 4 nitrogen and oxygen atoms in total. The SMILES string of the molecule is Cc1ccc(-n2nc(C(C)C)cc2OC(=O)c2ccc(F)cc2)c(C)c1. The molecule has 0 bridgehead atoms. The number of esters is 1. The van der Waals surface area contributed by atoms with E-state index in [0.29, 0.717) is 5.88 Å². The summed E-state index contributed by atoms with van der Waals surface area (Å²) in [5, 5.41) is 4.61. The number of carbonyl (C=O) groups excluding carboxylic acids is 1. The lowest BCUT2D eigenvalue weighted by Crippen LogP contribution is -2.12. The van der Waals surface area contributed by atoms with Gasteiger partial charge in [-0.3, -0.25) is 0 Å². The molecule has 0 atom stereocenters. The lowest BCUT2D eigenvalue weighted by Gasteiger charge is -2.11. The number of aryl methyl sites for hydroxylation is 2. The Hall–Kier alpha value is -2.95. The number of nitrogens with zero attached hydrogens (tertiary/aromatic N) is 2. The van der Waals surface area contributed by atoms with Gasteiger partial charge in [-0.2, -0.15) is 5.10 Å². The lowest BCUT2D eigenvalue weighted by molar-refractivity contribution is 0.0723. The van der Waals surface area contributed by atoms with Crippen LogP contribution in [-0.4, -0.2) is 15.7 Å². The van der Waals surface area contributed by atoms with E-state index in [1.165, 1.54) is 24.3 Å². The van der Waals surface area contributed by atoms with Gasteiger partial charge in [0, 0.05) is 6.07 Å². The molecule has 0 N–H and O–H groups in total. The van der Waals surface area contributed by atoms with Crippen LogP contribution in [-0.2, 0) is 0 Å². The molecule has 5 heteroatoms. The van der Waals surface area contributed by atoms with Crippen LogP contribution in [0.2, 0.25) is 0 Å². The van der Waals surface area contributed by atoms with Gasteiger partial charge in [0.05, 0.1) is 16.9 Å². The standard InChI is InChI=1S/C21H21FN2O2/c1-13(2)18-12-20(26-21(25)16-6-8-17(22)9-7-16)24(23-18)19-10-5-14(3)11-15(19)4/h5-13H,1-4H3. The second-order valence-electron chi connectivity index (χ2n) is 6.66. The number of rotatable bonds is 4. The van der Waals surface area contributed by atoms with Crippen LogP contribution in [0.15, 0.2) is 48.5 Å².